The van der Waals surface area contributed by atoms with Crippen molar-refractivity contribution >= 4 is 17.3 Å². The molecule has 2 saturated heterocycles. The quantitative estimate of drug-likeness (QED) is 0.180. The van der Waals surface area contributed by atoms with E-state index in [4.69, 9.17) is 10.1 Å². The summed E-state index contributed by atoms with van der Waals surface area (Å²) in [6.45, 7) is 13.1. The smallest absolute Gasteiger partial charge is 0.303 e. The molecule has 0 aromatic carbocycles. The zero-order chi connectivity index (χ0) is 29.9. The van der Waals surface area contributed by atoms with Crippen molar-refractivity contribution in [3.63, 3.8) is 0 Å². The van der Waals surface area contributed by atoms with E-state index in [0.717, 1.165) is 57.2 Å². The molecule has 0 radical (unpaired) electrons. The zero-order valence-electron chi connectivity index (χ0n) is 26.1. The highest BCUT2D eigenvalue weighted by Crippen LogP contribution is 2.40. The van der Waals surface area contributed by atoms with E-state index in [-0.39, 0.29) is 6.42 Å². The van der Waals surface area contributed by atoms with Gasteiger partial charge in [0.05, 0.1) is 13.1 Å². The van der Waals surface area contributed by atoms with E-state index in [1.54, 1.807) is 17.5 Å². The van der Waals surface area contributed by atoms with Gasteiger partial charge in [-0.15, -0.1) is 11.3 Å². The highest BCUT2D eigenvalue weighted by atomic mass is 32.1. The number of hydrogen-bond donors (Lipinski definition) is 2. The fourth-order valence-electron chi connectivity index (χ4n) is 6.86. The van der Waals surface area contributed by atoms with Gasteiger partial charge in [-0.3, -0.25) is 9.69 Å². The largest absolute Gasteiger partial charge is 0.481 e. The molecule has 0 aliphatic carbocycles. The summed E-state index contributed by atoms with van der Waals surface area (Å²) in [6.07, 6.45) is 18.8. The van der Waals surface area contributed by atoms with E-state index in [9.17, 15) is 4.79 Å². The number of imidazole rings is 2. The Labute approximate surface area is 261 Å². The van der Waals surface area contributed by atoms with E-state index >= 15 is 0 Å². The lowest BCUT2D eigenvalue weighted by Gasteiger charge is -2.39. The number of H-pyrrole nitrogens is 1. The van der Waals surface area contributed by atoms with Crippen molar-refractivity contribution in [1.29, 1.82) is 0 Å². The number of nitrogens with zero attached hydrogens (tertiary/aromatic N) is 6. The number of likely N-dealkylation sites (tertiary alicyclic amines) is 2. The van der Waals surface area contributed by atoms with Crippen LogP contribution in [0.15, 0.2) is 36.9 Å². The molecule has 0 bridgehead atoms. The van der Waals surface area contributed by atoms with Crippen molar-refractivity contribution in [2.75, 3.05) is 39.3 Å². The van der Waals surface area contributed by atoms with Crippen LogP contribution in [0.2, 0.25) is 0 Å². The van der Waals surface area contributed by atoms with Gasteiger partial charge < -0.3 is 24.5 Å². The molecule has 0 saturated carbocycles. The standard InChI is InChI=1S/C33H51N7O2S/c1-2-3-4-17-37-20-11-33(12-21-37)13-22-38(27-33)18-6-19-40-23-16-36-31(40)26-39(25-30-34-14-15-35-30)24-29-10-9-28(43-29)7-5-8-32(41)42/h9-10,14-16,23H,2-8,11-13,17-22,24-27H2,1H3,(H,34,35)(H,41,42). The molecule has 5 heterocycles. The number of carboxylic acid groups (broad SMARTS) is 1. The Bertz CT molecular complexity index is 1230. The summed E-state index contributed by atoms with van der Waals surface area (Å²) in [6, 6.07) is 4.33. The summed E-state index contributed by atoms with van der Waals surface area (Å²) in [4.78, 5) is 33.7. The number of carbonyl (C=O) groups is 1. The lowest BCUT2D eigenvalue weighted by Crippen LogP contribution is -2.42. The van der Waals surface area contributed by atoms with Gasteiger partial charge >= 0.3 is 5.97 Å². The van der Waals surface area contributed by atoms with Gasteiger partial charge in [-0.1, -0.05) is 19.8 Å². The minimum Gasteiger partial charge on any atom is -0.481 e. The molecule has 9 nitrogen and oxygen atoms in total. The summed E-state index contributed by atoms with van der Waals surface area (Å²) in [5.74, 6) is 1.32. The highest BCUT2D eigenvalue weighted by Gasteiger charge is 2.40. The molecule has 3 aromatic heterocycles. The molecule has 3 aromatic rings. The lowest BCUT2D eigenvalue weighted by molar-refractivity contribution is -0.137. The number of thiophene rings is 1. The summed E-state index contributed by atoms with van der Waals surface area (Å²) >= 11 is 1.78. The third kappa shape index (κ3) is 9.73. The first kappa shape index (κ1) is 31.9. The van der Waals surface area contributed by atoms with Crippen molar-refractivity contribution in [3.05, 3.63) is 58.3 Å². The second kappa shape index (κ2) is 16.0. The molecular weight excluding hydrogens is 558 g/mol. The molecular formula is C33H51N7O2S. The van der Waals surface area contributed by atoms with Gasteiger partial charge in [0, 0.05) is 60.6 Å². The van der Waals surface area contributed by atoms with Crippen molar-refractivity contribution in [3.8, 4) is 0 Å². The van der Waals surface area contributed by atoms with Crippen LogP contribution in [0.5, 0.6) is 0 Å². The van der Waals surface area contributed by atoms with Crippen LogP contribution in [0.25, 0.3) is 0 Å². The molecule has 0 amide bonds. The Kier molecular flexibility index (Phi) is 11.8. The third-order valence-corrected chi connectivity index (χ3v) is 10.5. The Balaban J connectivity index is 1.09. The van der Waals surface area contributed by atoms with E-state index in [1.807, 2.05) is 12.4 Å². The molecule has 2 fully saturated rings. The maximum atomic E-state index is 10.9. The second-order valence-electron chi connectivity index (χ2n) is 12.8. The number of piperidine rings is 1. The van der Waals surface area contributed by atoms with E-state index < -0.39 is 5.97 Å². The van der Waals surface area contributed by atoms with Gasteiger partial charge in [0.15, 0.2) is 0 Å². The third-order valence-electron chi connectivity index (χ3n) is 9.39. The molecule has 2 aliphatic heterocycles. The molecule has 10 heteroatoms. The summed E-state index contributed by atoms with van der Waals surface area (Å²) in [5, 5.41) is 8.96. The molecule has 2 aliphatic rings. The van der Waals surface area contributed by atoms with Crippen molar-refractivity contribution in [2.45, 2.75) is 97.3 Å². The van der Waals surface area contributed by atoms with Crippen molar-refractivity contribution in [2.24, 2.45) is 5.41 Å². The number of aromatic nitrogens is 4. The number of aliphatic carboxylic acids is 1. The molecule has 236 valence electrons. The van der Waals surface area contributed by atoms with Crippen LogP contribution in [0.4, 0.5) is 0 Å². The van der Waals surface area contributed by atoms with Crippen molar-refractivity contribution < 1.29 is 9.90 Å². The van der Waals surface area contributed by atoms with E-state index in [1.165, 1.54) is 81.0 Å². The Morgan fingerprint density at radius 1 is 0.953 bits per heavy atom. The van der Waals surface area contributed by atoms with Gasteiger partial charge in [0.25, 0.3) is 0 Å². The van der Waals surface area contributed by atoms with Gasteiger partial charge in [0.1, 0.15) is 11.6 Å². The fourth-order valence-corrected chi connectivity index (χ4v) is 7.97. The maximum absolute atomic E-state index is 10.9. The predicted octanol–water partition coefficient (Wildman–Crippen LogP) is 5.65. The number of unbranched alkanes of at least 4 members (excludes halogenated alkanes) is 2. The lowest BCUT2D eigenvalue weighted by atomic mass is 9.78. The molecule has 0 unspecified atom stereocenters. The zero-order valence-corrected chi connectivity index (χ0v) is 26.9. The topological polar surface area (TPSA) is 93.5 Å². The van der Waals surface area contributed by atoms with Crippen LogP contribution in [0, 0.1) is 5.41 Å². The van der Waals surface area contributed by atoms with Gasteiger partial charge in [-0.25, -0.2) is 9.97 Å². The van der Waals surface area contributed by atoms with Crippen LogP contribution >= 0.6 is 11.3 Å². The number of rotatable bonds is 18. The van der Waals surface area contributed by atoms with Crippen LogP contribution in [-0.2, 0) is 37.4 Å². The Hall–Kier alpha value is -2.53. The van der Waals surface area contributed by atoms with Gasteiger partial charge in [-0.05, 0) is 95.2 Å². The highest BCUT2D eigenvalue weighted by molar-refractivity contribution is 7.11. The average molecular weight is 610 g/mol. The number of carboxylic acids is 1. The number of aryl methyl sites for hydroxylation is 2. The van der Waals surface area contributed by atoms with Crippen molar-refractivity contribution in [1.82, 2.24) is 34.2 Å². The number of nitrogens with one attached hydrogen (secondary N) is 1. The second-order valence-corrected chi connectivity index (χ2v) is 14.0. The van der Waals surface area contributed by atoms with Crippen LogP contribution in [-0.4, -0.2) is 84.6 Å². The minimum atomic E-state index is -0.727. The van der Waals surface area contributed by atoms with E-state index in [0.29, 0.717) is 11.8 Å². The summed E-state index contributed by atoms with van der Waals surface area (Å²) in [5.41, 5.74) is 0.561. The maximum Gasteiger partial charge on any atom is 0.303 e. The summed E-state index contributed by atoms with van der Waals surface area (Å²) < 4.78 is 2.33. The molecule has 0 atom stereocenters. The average Bonchev–Trinajstić information content (AvgIpc) is 3.81. The monoisotopic (exact) mass is 609 g/mol. The molecule has 5 rings (SSSR count). The number of aromatic amines is 1. The van der Waals surface area contributed by atoms with E-state index in [2.05, 4.69) is 54.5 Å². The predicted molar refractivity (Wildman–Crippen MR) is 172 cm³/mol. The van der Waals surface area contributed by atoms with Crippen LogP contribution < -0.4 is 0 Å². The molecule has 2 N–H and O–H groups in total. The minimum absolute atomic E-state index is 0.219. The Morgan fingerprint density at radius 3 is 2.51 bits per heavy atom. The fraction of sp³-hybridized carbons (Fsp3) is 0.667. The molecule has 43 heavy (non-hydrogen) atoms. The van der Waals surface area contributed by atoms with Crippen LogP contribution in [0.1, 0.15) is 86.1 Å². The summed E-state index contributed by atoms with van der Waals surface area (Å²) in [7, 11) is 0. The van der Waals surface area contributed by atoms with Gasteiger partial charge in [0.2, 0.25) is 0 Å². The first-order valence-electron chi connectivity index (χ1n) is 16.4. The first-order valence-corrected chi connectivity index (χ1v) is 17.3. The van der Waals surface area contributed by atoms with Gasteiger partial charge in [-0.2, -0.15) is 0 Å². The Morgan fingerprint density at radius 2 is 1.74 bits per heavy atom. The van der Waals surface area contributed by atoms with Crippen LogP contribution in [0.3, 0.4) is 0 Å². The SMILES string of the molecule is CCCCCN1CCC2(CC1)CCN(CCCn1ccnc1CN(Cc1ncc[nH]1)Cc1ccc(CCCC(=O)O)s1)C2. The first-order chi connectivity index (χ1) is 21.0. The number of hydrogen-bond acceptors (Lipinski definition) is 7. The normalized spacial score (nSPS) is 17.4. The molecule has 1 spiro atoms.